The van der Waals surface area contributed by atoms with Crippen molar-refractivity contribution in [3.05, 3.63) is 83.8 Å². The molecule has 2 heterocycles. The van der Waals surface area contributed by atoms with Crippen molar-refractivity contribution in [2.75, 3.05) is 13.2 Å². The average molecular weight is 404 g/mol. The lowest BCUT2D eigenvalue weighted by Gasteiger charge is -2.20. The molecule has 0 aliphatic carbocycles. The number of hydrogen-bond acceptors (Lipinski definition) is 5. The quantitative estimate of drug-likeness (QED) is 0.570. The third-order valence-corrected chi connectivity index (χ3v) is 4.92. The van der Waals surface area contributed by atoms with Crippen LogP contribution in [-0.2, 0) is 4.79 Å². The van der Waals surface area contributed by atoms with E-state index in [-0.39, 0.29) is 18.6 Å². The van der Waals surface area contributed by atoms with Gasteiger partial charge in [-0.3, -0.25) is 4.79 Å². The molecule has 1 atom stereocenters. The fourth-order valence-electron chi connectivity index (χ4n) is 3.41. The van der Waals surface area contributed by atoms with Gasteiger partial charge >= 0.3 is 0 Å². The average Bonchev–Trinajstić information content (AvgIpc) is 3.43. The monoisotopic (exact) mass is 404 g/mol. The van der Waals surface area contributed by atoms with Gasteiger partial charge in [0.1, 0.15) is 11.8 Å². The van der Waals surface area contributed by atoms with E-state index in [2.05, 4.69) is 5.10 Å². The highest BCUT2D eigenvalue weighted by molar-refractivity contribution is 6.03. The Morgan fingerprint density at radius 1 is 1.07 bits per heavy atom. The predicted molar refractivity (Wildman–Crippen MR) is 114 cm³/mol. The Kier molecular flexibility index (Phi) is 5.84. The van der Waals surface area contributed by atoms with Crippen LogP contribution in [0.25, 0.3) is 0 Å². The highest BCUT2D eigenvalue weighted by atomic mass is 16.5. The summed E-state index contributed by atoms with van der Waals surface area (Å²) in [6.07, 6.45) is 2.19. The number of hydrogen-bond donors (Lipinski definition) is 0. The first-order valence-electron chi connectivity index (χ1n) is 10.0. The van der Waals surface area contributed by atoms with Gasteiger partial charge in [-0.15, -0.1) is 0 Å². The number of ether oxygens (including phenoxy) is 2. The van der Waals surface area contributed by atoms with Gasteiger partial charge in [0.15, 0.2) is 18.1 Å². The molecule has 3 aromatic rings. The van der Waals surface area contributed by atoms with E-state index in [1.165, 1.54) is 10.6 Å². The normalized spacial score (nSPS) is 15.7. The molecule has 1 amide bonds. The van der Waals surface area contributed by atoms with Crippen molar-refractivity contribution in [2.45, 2.75) is 26.3 Å². The zero-order chi connectivity index (χ0) is 20.9. The molecule has 1 aliphatic heterocycles. The highest BCUT2D eigenvalue weighted by Crippen LogP contribution is 2.33. The second kappa shape index (κ2) is 8.86. The summed E-state index contributed by atoms with van der Waals surface area (Å²) in [4.78, 5) is 13.0. The SMILES string of the molecule is CCOc1ccccc1OCC(=O)N1N=C(c2ccc(C)cc2)C[C@H]1c1ccco1. The summed E-state index contributed by atoms with van der Waals surface area (Å²) < 4.78 is 16.9. The molecule has 1 aromatic heterocycles. The maximum Gasteiger partial charge on any atom is 0.281 e. The minimum atomic E-state index is -0.297. The number of benzene rings is 2. The lowest BCUT2D eigenvalue weighted by molar-refractivity contribution is -0.135. The lowest BCUT2D eigenvalue weighted by Crippen LogP contribution is -2.31. The van der Waals surface area contributed by atoms with Crippen molar-refractivity contribution < 1.29 is 18.7 Å². The number of para-hydroxylation sites is 2. The van der Waals surface area contributed by atoms with Crippen LogP contribution in [0.1, 0.15) is 36.3 Å². The zero-order valence-electron chi connectivity index (χ0n) is 17.1. The number of aryl methyl sites for hydroxylation is 1. The van der Waals surface area contributed by atoms with E-state index < -0.39 is 0 Å². The van der Waals surface area contributed by atoms with Gasteiger partial charge in [-0.25, -0.2) is 5.01 Å². The summed E-state index contributed by atoms with van der Waals surface area (Å²) in [5, 5.41) is 6.10. The summed E-state index contributed by atoms with van der Waals surface area (Å²) in [6.45, 7) is 4.32. The number of rotatable bonds is 7. The van der Waals surface area contributed by atoms with E-state index in [0.717, 1.165) is 11.3 Å². The summed E-state index contributed by atoms with van der Waals surface area (Å²) >= 11 is 0. The van der Waals surface area contributed by atoms with E-state index in [4.69, 9.17) is 13.9 Å². The van der Waals surface area contributed by atoms with Crippen LogP contribution in [0.2, 0.25) is 0 Å². The third-order valence-electron chi connectivity index (χ3n) is 4.92. The number of amides is 1. The van der Waals surface area contributed by atoms with Gasteiger partial charge in [0.05, 0.1) is 18.6 Å². The molecule has 0 fully saturated rings. The Labute approximate surface area is 175 Å². The van der Waals surface area contributed by atoms with Gasteiger partial charge in [-0.1, -0.05) is 42.0 Å². The molecule has 30 heavy (non-hydrogen) atoms. The Balaban J connectivity index is 1.54. The molecule has 4 rings (SSSR count). The molecule has 0 saturated heterocycles. The van der Waals surface area contributed by atoms with Crippen LogP contribution in [0.5, 0.6) is 11.5 Å². The molecule has 154 valence electrons. The van der Waals surface area contributed by atoms with Crippen molar-refractivity contribution in [3.8, 4) is 11.5 Å². The molecule has 0 radical (unpaired) electrons. The Hall–Kier alpha value is -3.54. The second-order valence-corrected chi connectivity index (χ2v) is 7.05. The molecular weight excluding hydrogens is 380 g/mol. The topological polar surface area (TPSA) is 64.3 Å². The van der Waals surface area contributed by atoms with Gasteiger partial charge in [0, 0.05) is 6.42 Å². The smallest absolute Gasteiger partial charge is 0.281 e. The van der Waals surface area contributed by atoms with Crippen LogP contribution in [0.15, 0.2) is 76.4 Å². The van der Waals surface area contributed by atoms with Crippen molar-refractivity contribution in [1.82, 2.24) is 5.01 Å². The number of furan rings is 1. The molecule has 6 nitrogen and oxygen atoms in total. The largest absolute Gasteiger partial charge is 0.490 e. The van der Waals surface area contributed by atoms with Crippen LogP contribution >= 0.6 is 0 Å². The zero-order valence-corrected chi connectivity index (χ0v) is 17.1. The van der Waals surface area contributed by atoms with Crippen LogP contribution in [0, 0.1) is 6.92 Å². The molecule has 0 saturated carbocycles. The minimum Gasteiger partial charge on any atom is -0.490 e. The first-order valence-corrected chi connectivity index (χ1v) is 10.0. The van der Waals surface area contributed by atoms with E-state index in [0.29, 0.717) is 30.3 Å². The fourth-order valence-corrected chi connectivity index (χ4v) is 3.41. The van der Waals surface area contributed by atoms with Crippen LogP contribution < -0.4 is 9.47 Å². The van der Waals surface area contributed by atoms with Crippen LogP contribution in [0.4, 0.5) is 0 Å². The second-order valence-electron chi connectivity index (χ2n) is 7.05. The molecule has 0 N–H and O–H groups in total. The molecule has 1 aliphatic rings. The fraction of sp³-hybridized carbons (Fsp3) is 0.250. The molecule has 6 heteroatoms. The van der Waals surface area contributed by atoms with E-state index >= 15 is 0 Å². The van der Waals surface area contributed by atoms with Gasteiger partial charge in [-0.2, -0.15) is 5.10 Å². The predicted octanol–water partition coefficient (Wildman–Crippen LogP) is 4.74. The van der Waals surface area contributed by atoms with Gasteiger partial charge < -0.3 is 13.9 Å². The standard InChI is InChI=1S/C24H24N2O4/c1-3-28-22-7-4-5-8-23(22)30-16-24(27)26-20(21-9-6-14-29-21)15-19(25-26)18-12-10-17(2)11-13-18/h4-14,20H,3,15-16H2,1-2H3/t20-/m0/s1. The lowest BCUT2D eigenvalue weighted by atomic mass is 10.0. The van der Waals surface area contributed by atoms with Crippen molar-refractivity contribution >= 4 is 11.6 Å². The number of nitrogens with zero attached hydrogens (tertiary/aromatic N) is 2. The van der Waals surface area contributed by atoms with Crippen LogP contribution in [0.3, 0.4) is 0 Å². The number of carbonyl (C=O) groups excluding carboxylic acids is 1. The van der Waals surface area contributed by atoms with E-state index in [9.17, 15) is 4.79 Å². The molecule has 0 bridgehead atoms. The Morgan fingerprint density at radius 3 is 2.47 bits per heavy atom. The molecule has 0 unspecified atom stereocenters. The van der Waals surface area contributed by atoms with Crippen LogP contribution in [-0.4, -0.2) is 29.8 Å². The van der Waals surface area contributed by atoms with Crippen molar-refractivity contribution in [1.29, 1.82) is 0 Å². The first-order chi connectivity index (χ1) is 14.7. The first kappa shape index (κ1) is 19.8. The number of carbonyl (C=O) groups is 1. The molecular formula is C24H24N2O4. The minimum absolute atomic E-state index is 0.147. The molecule has 2 aromatic carbocycles. The third kappa shape index (κ3) is 4.22. The maximum absolute atomic E-state index is 13.0. The van der Waals surface area contributed by atoms with E-state index in [1.807, 2.05) is 68.4 Å². The summed E-state index contributed by atoms with van der Waals surface area (Å²) in [5.41, 5.74) is 3.02. The van der Waals surface area contributed by atoms with Gasteiger partial charge in [0.25, 0.3) is 5.91 Å². The van der Waals surface area contributed by atoms with Gasteiger partial charge in [-0.05, 0) is 43.7 Å². The number of hydrazone groups is 1. The summed E-state index contributed by atoms with van der Waals surface area (Å²) in [5.74, 6) is 1.60. The van der Waals surface area contributed by atoms with E-state index in [1.54, 1.807) is 12.3 Å². The van der Waals surface area contributed by atoms with Crippen molar-refractivity contribution in [3.63, 3.8) is 0 Å². The highest BCUT2D eigenvalue weighted by Gasteiger charge is 2.35. The summed E-state index contributed by atoms with van der Waals surface area (Å²) in [7, 11) is 0. The molecule has 0 spiro atoms. The summed E-state index contributed by atoms with van der Waals surface area (Å²) in [6, 6.07) is 18.8. The van der Waals surface area contributed by atoms with Crippen molar-refractivity contribution in [2.24, 2.45) is 5.10 Å². The van der Waals surface area contributed by atoms with Gasteiger partial charge in [0.2, 0.25) is 0 Å². The Morgan fingerprint density at radius 2 is 1.80 bits per heavy atom. The Bertz CT molecular complexity index is 1030. The maximum atomic E-state index is 13.0.